The summed E-state index contributed by atoms with van der Waals surface area (Å²) in [6.07, 6.45) is 3.96. The number of aromatic amines is 1. The Balaban J connectivity index is 1.66. The lowest BCUT2D eigenvalue weighted by molar-refractivity contribution is 0.0767. The Kier molecular flexibility index (Phi) is 4.38. The number of nitriles is 1. The molecule has 7 heteroatoms. The maximum atomic E-state index is 12.5. The summed E-state index contributed by atoms with van der Waals surface area (Å²) in [6.45, 7) is 1.14. The minimum atomic E-state index is -0.110. The van der Waals surface area contributed by atoms with E-state index in [1.807, 2.05) is 37.2 Å². The molecule has 0 radical (unpaired) electrons. The van der Waals surface area contributed by atoms with Crippen LogP contribution in [0.3, 0.4) is 0 Å². The van der Waals surface area contributed by atoms with E-state index >= 15 is 0 Å². The molecule has 1 fully saturated rings. The number of nitrogens with one attached hydrogen (secondary N) is 1. The van der Waals surface area contributed by atoms with Crippen molar-refractivity contribution in [2.24, 2.45) is 0 Å². The Labute approximate surface area is 140 Å². The number of hydrogen-bond acceptors (Lipinski definition) is 5. The lowest BCUT2D eigenvalue weighted by atomic mass is 10.3. The summed E-state index contributed by atoms with van der Waals surface area (Å²) in [7, 11) is 3.83. The topological polar surface area (TPSA) is 85.2 Å². The number of carbonyl (C=O) groups excluding carboxylic acids is 1. The van der Waals surface area contributed by atoms with Gasteiger partial charge < -0.3 is 19.5 Å². The van der Waals surface area contributed by atoms with E-state index in [1.165, 1.54) is 6.20 Å². The highest BCUT2D eigenvalue weighted by molar-refractivity contribution is 5.93. The Morgan fingerprint density at radius 3 is 3.08 bits per heavy atom. The maximum absolute atomic E-state index is 12.5. The first-order chi connectivity index (χ1) is 11.6. The molecule has 1 N–H and O–H groups in total. The minimum absolute atomic E-state index is 0.0674. The molecule has 0 aromatic carbocycles. The van der Waals surface area contributed by atoms with Gasteiger partial charge in [0.15, 0.2) is 11.6 Å². The molecule has 7 nitrogen and oxygen atoms in total. The number of H-pyrrole nitrogens is 1. The van der Waals surface area contributed by atoms with Crippen molar-refractivity contribution < 1.29 is 9.53 Å². The Bertz CT molecular complexity index is 777. The highest BCUT2D eigenvalue weighted by Crippen LogP contribution is 2.27. The van der Waals surface area contributed by atoms with E-state index in [-0.39, 0.29) is 12.0 Å². The monoisotopic (exact) mass is 325 g/mol. The van der Waals surface area contributed by atoms with E-state index < -0.39 is 0 Å². The molecule has 0 unspecified atom stereocenters. The van der Waals surface area contributed by atoms with Crippen molar-refractivity contribution in [3.63, 3.8) is 0 Å². The molecule has 1 amide bonds. The predicted molar refractivity (Wildman–Crippen MR) is 89.0 cm³/mol. The first kappa shape index (κ1) is 15.9. The molecule has 0 bridgehead atoms. The summed E-state index contributed by atoms with van der Waals surface area (Å²) in [4.78, 5) is 23.3. The summed E-state index contributed by atoms with van der Waals surface area (Å²) >= 11 is 0. The summed E-state index contributed by atoms with van der Waals surface area (Å²) in [6, 6.07) is 7.31. The van der Waals surface area contributed by atoms with Gasteiger partial charge in [-0.25, -0.2) is 4.98 Å². The van der Waals surface area contributed by atoms with Crippen molar-refractivity contribution in [1.29, 1.82) is 5.26 Å². The fourth-order valence-corrected chi connectivity index (χ4v) is 2.75. The fourth-order valence-electron chi connectivity index (χ4n) is 2.75. The third-order valence-corrected chi connectivity index (χ3v) is 3.94. The third kappa shape index (κ3) is 3.18. The SMILES string of the molecule is CN(C)c1ncccc1O[C@H]1CCN(C(=O)c2cc(C#N)c[nH]2)C1. The number of hydrogen-bond donors (Lipinski definition) is 1. The molecule has 1 aliphatic rings. The van der Waals surface area contributed by atoms with Crippen LogP contribution in [0, 0.1) is 11.3 Å². The van der Waals surface area contributed by atoms with Gasteiger partial charge in [-0.05, 0) is 18.2 Å². The van der Waals surface area contributed by atoms with Gasteiger partial charge in [-0.3, -0.25) is 4.79 Å². The molecule has 1 atom stereocenters. The molecular formula is C17H19N5O2. The third-order valence-electron chi connectivity index (χ3n) is 3.94. The lowest BCUT2D eigenvalue weighted by Gasteiger charge is -2.20. The van der Waals surface area contributed by atoms with Crippen molar-refractivity contribution in [2.75, 3.05) is 32.1 Å². The van der Waals surface area contributed by atoms with E-state index in [4.69, 9.17) is 10.00 Å². The minimum Gasteiger partial charge on any atom is -0.485 e. The maximum Gasteiger partial charge on any atom is 0.270 e. The highest BCUT2D eigenvalue weighted by Gasteiger charge is 2.29. The summed E-state index contributed by atoms with van der Waals surface area (Å²) in [5, 5.41) is 8.85. The number of nitrogens with zero attached hydrogens (tertiary/aromatic N) is 4. The largest absolute Gasteiger partial charge is 0.485 e. The highest BCUT2D eigenvalue weighted by atomic mass is 16.5. The van der Waals surface area contributed by atoms with Crippen LogP contribution in [0.25, 0.3) is 0 Å². The van der Waals surface area contributed by atoms with Crippen LogP contribution in [-0.4, -0.2) is 54.1 Å². The number of rotatable bonds is 4. The van der Waals surface area contributed by atoms with Gasteiger partial charge in [-0.15, -0.1) is 0 Å². The number of carbonyl (C=O) groups is 1. The summed E-state index contributed by atoms with van der Waals surface area (Å²) in [5.41, 5.74) is 0.888. The van der Waals surface area contributed by atoms with Crippen LogP contribution < -0.4 is 9.64 Å². The lowest BCUT2D eigenvalue weighted by Crippen LogP contribution is -2.31. The summed E-state index contributed by atoms with van der Waals surface area (Å²) in [5.74, 6) is 1.38. The molecule has 24 heavy (non-hydrogen) atoms. The molecule has 124 valence electrons. The molecule has 0 saturated carbocycles. The van der Waals surface area contributed by atoms with Crippen LogP contribution in [0.4, 0.5) is 5.82 Å². The zero-order chi connectivity index (χ0) is 17.1. The number of ether oxygens (including phenoxy) is 1. The van der Waals surface area contributed by atoms with Gasteiger partial charge in [0.05, 0.1) is 12.1 Å². The van der Waals surface area contributed by atoms with Crippen LogP contribution in [0.15, 0.2) is 30.6 Å². The molecule has 0 spiro atoms. The second kappa shape index (κ2) is 6.62. The van der Waals surface area contributed by atoms with E-state index in [1.54, 1.807) is 17.2 Å². The van der Waals surface area contributed by atoms with E-state index in [0.29, 0.717) is 30.1 Å². The summed E-state index contributed by atoms with van der Waals surface area (Å²) < 4.78 is 6.05. The van der Waals surface area contributed by atoms with Gasteiger partial charge in [-0.1, -0.05) is 0 Å². The Hall–Kier alpha value is -3.01. The van der Waals surface area contributed by atoms with Crippen LogP contribution in [-0.2, 0) is 0 Å². The van der Waals surface area contributed by atoms with Crippen LogP contribution in [0.2, 0.25) is 0 Å². The zero-order valence-electron chi connectivity index (χ0n) is 13.7. The van der Waals surface area contributed by atoms with E-state index in [2.05, 4.69) is 9.97 Å². The van der Waals surface area contributed by atoms with Crippen LogP contribution in [0.5, 0.6) is 5.75 Å². The molecule has 3 rings (SSSR count). The van der Waals surface area contributed by atoms with Gasteiger partial charge >= 0.3 is 0 Å². The number of amides is 1. The predicted octanol–water partition coefficient (Wildman–Crippen LogP) is 1.64. The Morgan fingerprint density at radius 1 is 1.54 bits per heavy atom. The van der Waals surface area contributed by atoms with Crippen molar-refractivity contribution in [1.82, 2.24) is 14.9 Å². The number of aromatic nitrogens is 2. The van der Waals surface area contributed by atoms with Gasteiger partial charge in [0.1, 0.15) is 17.9 Å². The number of pyridine rings is 1. The van der Waals surface area contributed by atoms with Gasteiger partial charge in [0, 0.05) is 39.5 Å². The first-order valence-electron chi connectivity index (χ1n) is 7.75. The first-order valence-corrected chi connectivity index (χ1v) is 7.75. The molecule has 0 aliphatic carbocycles. The molecule has 2 aromatic rings. The normalized spacial score (nSPS) is 16.7. The zero-order valence-corrected chi connectivity index (χ0v) is 13.7. The van der Waals surface area contributed by atoms with Crippen LogP contribution in [0.1, 0.15) is 22.5 Å². The van der Waals surface area contributed by atoms with Crippen molar-refractivity contribution in [2.45, 2.75) is 12.5 Å². The molecular weight excluding hydrogens is 306 g/mol. The van der Waals surface area contributed by atoms with Crippen LogP contribution >= 0.6 is 0 Å². The van der Waals surface area contributed by atoms with Crippen molar-refractivity contribution in [3.8, 4) is 11.8 Å². The quantitative estimate of drug-likeness (QED) is 0.923. The average Bonchev–Trinajstić information content (AvgIpc) is 3.23. The standard InChI is InChI=1S/C17H19N5O2/c1-21(2)16-15(4-3-6-19-16)24-13-5-7-22(11-13)17(23)14-8-12(9-18)10-20-14/h3-4,6,8,10,13,20H,5,7,11H2,1-2H3/t13-/m0/s1. The molecule has 2 aromatic heterocycles. The Morgan fingerprint density at radius 2 is 2.38 bits per heavy atom. The smallest absolute Gasteiger partial charge is 0.270 e. The fraction of sp³-hybridized carbons (Fsp3) is 0.353. The molecule has 1 aliphatic heterocycles. The van der Waals surface area contributed by atoms with Crippen molar-refractivity contribution >= 4 is 11.7 Å². The molecule has 1 saturated heterocycles. The van der Waals surface area contributed by atoms with Gasteiger partial charge in [0.25, 0.3) is 5.91 Å². The van der Waals surface area contributed by atoms with Gasteiger partial charge in [0.2, 0.25) is 0 Å². The molecule has 3 heterocycles. The number of anilines is 1. The van der Waals surface area contributed by atoms with Crippen molar-refractivity contribution in [3.05, 3.63) is 41.9 Å². The average molecular weight is 325 g/mol. The van der Waals surface area contributed by atoms with Gasteiger partial charge in [-0.2, -0.15) is 5.26 Å². The second-order valence-electron chi connectivity index (χ2n) is 5.91. The van der Waals surface area contributed by atoms with E-state index in [9.17, 15) is 4.79 Å². The second-order valence-corrected chi connectivity index (χ2v) is 5.91. The van der Waals surface area contributed by atoms with E-state index in [0.717, 1.165) is 12.2 Å². The number of likely N-dealkylation sites (tertiary alicyclic amines) is 1.